The zero-order valence-corrected chi connectivity index (χ0v) is 25.3. The molecule has 0 spiro atoms. The highest BCUT2D eigenvalue weighted by atomic mass is 17.2. The Morgan fingerprint density at radius 1 is 0.389 bits per heavy atom. The van der Waals surface area contributed by atoms with Crippen molar-refractivity contribution in [1.29, 1.82) is 0 Å². The Balaban J connectivity index is 4.66. The highest BCUT2D eigenvalue weighted by molar-refractivity contribution is 4.85. The second kappa shape index (κ2) is 30.6. The van der Waals surface area contributed by atoms with Gasteiger partial charge in [0.1, 0.15) is 0 Å². The molecule has 0 aliphatic heterocycles. The molecule has 0 saturated carbocycles. The van der Waals surface area contributed by atoms with Crippen LogP contribution in [0.1, 0.15) is 182 Å². The molecule has 0 aromatic rings. The van der Waals surface area contributed by atoms with E-state index in [-0.39, 0.29) is 12.2 Å². The van der Waals surface area contributed by atoms with Crippen molar-refractivity contribution in [1.82, 2.24) is 0 Å². The van der Waals surface area contributed by atoms with Crippen LogP contribution in [0.3, 0.4) is 0 Å². The van der Waals surface area contributed by atoms with E-state index in [4.69, 9.17) is 9.78 Å². The first-order valence-corrected chi connectivity index (χ1v) is 16.4. The first-order chi connectivity index (χ1) is 17.8. The van der Waals surface area contributed by atoms with Gasteiger partial charge in [-0.2, -0.15) is 0 Å². The Kier molecular flexibility index (Phi) is 30.1. The van der Waals surface area contributed by atoms with Gasteiger partial charge in [-0.1, -0.05) is 155 Å². The third-order valence-electron chi connectivity index (χ3n) is 7.17. The van der Waals surface area contributed by atoms with Crippen LogP contribution >= 0.6 is 0 Å². The van der Waals surface area contributed by atoms with E-state index in [1.54, 1.807) is 0 Å². The monoisotopic (exact) mass is 507 g/mol. The standard InChI is InChI=1S/C34H66O2/c1-5-9-13-17-21-25-29-33(30-26-22-18-14-10-6-2)35-36-34(31-27-23-19-15-11-7-3)32-28-24-20-16-12-8-4/h21,23,25,27,33-34H,5-20,22,24,26,28-32H2,1-4H3/b25-21+,27-23+. The summed E-state index contributed by atoms with van der Waals surface area (Å²) < 4.78 is 0. The summed E-state index contributed by atoms with van der Waals surface area (Å²) in [5, 5.41) is 0. The lowest BCUT2D eigenvalue weighted by Crippen LogP contribution is -2.19. The molecule has 0 saturated heterocycles. The van der Waals surface area contributed by atoms with Gasteiger partial charge in [-0.25, -0.2) is 9.78 Å². The predicted molar refractivity (Wildman–Crippen MR) is 162 cm³/mol. The van der Waals surface area contributed by atoms with Crippen LogP contribution in [-0.2, 0) is 9.78 Å². The van der Waals surface area contributed by atoms with Crippen molar-refractivity contribution < 1.29 is 9.78 Å². The highest BCUT2D eigenvalue weighted by Crippen LogP contribution is 2.19. The van der Waals surface area contributed by atoms with Gasteiger partial charge >= 0.3 is 0 Å². The fraction of sp³-hybridized carbons (Fsp3) is 0.882. The molecule has 0 rings (SSSR count). The van der Waals surface area contributed by atoms with Gasteiger partial charge in [0, 0.05) is 0 Å². The minimum Gasteiger partial charge on any atom is -0.233 e. The van der Waals surface area contributed by atoms with Crippen LogP contribution in [0, 0.1) is 0 Å². The average Bonchev–Trinajstić information content (AvgIpc) is 2.89. The van der Waals surface area contributed by atoms with Crippen LogP contribution in [0.15, 0.2) is 24.3 Å². The zero-order chi connectivity index (χ0) is 26.4. The largest absolute Gasteiger partial charge is 0.233 e. The van der Waals surface area contributed by atoms with Gasteiger partial charge in [0.2, 0.25) is 0 Å². The molecule has 0 N–H and O–H groups in total. The summed E-state index contributed by atoms with van der Waals surface area (Å²) in [7, 11) is 0. The molecule has 0 bridgehead atoms. The average molecular weight is 507 g/mol. The van der Waals surface area contributed by atoms with Crippen molar-refractivity contribution in [2.75, 3.05) is 0 Å². The lowest BCUT2D eigenvalue weighted by atomic mass is 10.0. The molecule has 0 fully saturated rings. The van der Waals surface area contributed by atoms with E-state index >= 15 is 0 Å². The summed E-state index contributed by atoms with van der Waals surface area (Å²) in [6, 6.07) is 0. The fourth-order valence-electron chi connectivity index (χ4n) is 4.63. The van der Waals surface area contributed by atoms with Gasteiger partial charge in [-0.15, -0.1) is 0 Å². The van der Waals surface area contributed by atoms with Gasteiger partial charge in [0.25, 0.3) is 0 Å². The first kappa shape index (κ1) is 35.4. The van der Waals surface area contributed by atoms with Gasteiger partial charge in [0.15, 0.2) is 0 Å². The van der Waals surface area contributed by atoms with Crippen LogP contribution in [0.5, 0.6) is 0 Å². The predicted octanol–water partition coefficient (Wildman–Crippen LogP) is 12.2. The molecule has 0 aliphatic carbocycles. The Bertz CT molecular complexity index is 414. The van der Waals surface area contributed by atoms with Crippen molar-refractivity contribution in [2.45, 2.75) is 194 Å². The van der Waals surface area contributed by atoms with E-state index in [2.05, 4.69) is 52.0 Å². The quantitative estimate of drug-likeness (QED) is 0.0434. The summed E-state index contributed by atoms with van der Waals surface area (Å²) in [6.45, 7) is 9.12. The molecule has 0 aromatic carbocycles. The van der Waals surface area contributed by atoms with Crippen LogP contribution in [0.25, 0.3) is 0 Å². The molecule has 2 heteroatoms. The van der Waals surface area contributed by atoms with E-state index in [0.29, 0.717) is 0 Å². The molecule has 0 amide bonds. The molecule has 2 unspecified atom stereocenters. The van der Waals surface area contributed by atoms with Crippen molar-refractivity contribution in [3.8, 4) is 0 Å². The van der Waals surface area contributed by atoms with Crippen LogP contribution < -0.4 is 0 Å². The van der Waals surface area contributed by atoms with Crippen molar-refractivity contribution >= 4 is 0 Å². The van der Waals surface area contributed by atoms with Crippen molar-refractivity contribution in [3.05, 3.63) is 24.3 Å². The maximum Gasteiger partial charge on any atom is 0.0964 e. The van der Waals surface area contributed by atoms with Crippen LogP contribution in [0.2, 0.25) is 0 Å². The molecule has 36 heavy (non-hydrogen) atoms. The summed E-state index contributed by atoms with van der Waals surface area (Å²) in [4.78, 5) is 12.3. The van der Waals surface area contributed by atoms with E-state index in [9.17, 15) is 0 Å². The third-order valence-corrected chi connectivity index (χ3v) is 7.17. The molecular formula is C34H66O2. The second-order valence-electron chi connectivity index (χ2n) is 11.0. The van der Waals surface area contributed by atoms with Gasteiger partial charge in [-0.3, -0.25) is 0 Å². The van der Waals surface area contributed by atoms with Crippen molar-refractivity contribution in [3.63, 3.8) is 0 Å². The number of hydrogen-bond acceptors (Lipinski definition) is 2. The minimum atomic E-state index is 0.194. The maximum atomic E-state index is 6.17. The summed E-state index contributed by atoms with van der Waals surface area (Å²) in [5.41, 5.74) is 0. The van der Waals surface area contributed by atoms with E-state index in [0.717, 1.165) is 25.7 Å². The number of unbranched alkanes of at least 4 members (excludes halogenated alkanes) is 16. The van der Waals surface area contributed by atoms with Crippen LogP contribution in [-0.4, -0.2) is 12.2 Å². The van der Waals surface area contributed by atoms with Gasteiger partial charge in [-0.05, 0) is 51.4 Å². The topological polar surface area (TPSA) is 18.5 Å². The van der Waals surface area contributed by atoms with E-state index in [1.807, 2.05) is 0 Å². The Hall–Kier alpha value is -0.600. The third kappa shape index (κ3) is 26.5. The normalized spacial score (nSPS) is 13.8. The summed E-state index contributed by atoms with van der Waals surface area (Å²) in [5.74, 6) is 0. The molecule has 0 heterocycles. The van der Waals surface area contributed by atoms with Gasteiger partial charge in [0.05, 0.1) is 12.2 Å². The maximum absolute atomic E-state index is 6.17. The highest BCUT2D eigenvalue weighted by Gasteiger charge is 2.14. The minimum absolute atomic E-state index is 0.194. The van der Waals surface area contributed by atoms with Crippen molar-refractivity contribution in [2.24, 2.45) is 0 Å². The van der Waals surface area contributed by atoms with Gasteiger partial charge < -0.3 is 0 Å². The lowest BCUT2D eigenvalue weighted by Gasteiger charge is -2.20. The summed E-state index contributed by atoms with van der Waals surface area (Å²) >= 11 is 0. The molecular weight excluding hydrogens is 440 g/mol. The molecule has 214 valence electrons. The number of hydrogen-bond donors (Lipinski definition) is 0. The molecule has 0 aromatic heterocycles. The summed E-state index contributed by atoms with van der Waals surface area (Å²) in [6.07, 6.45) is 40.2. The Morgan fingerprint density at radius 2 is 0.722 bits per heavy atom. The first-order valence-electron chi connectivity index (χ1n) is 16.4. The van der Waals surface area contributed by atoms with Crippen LogP contribution in [0.4, 0.5) is 0 Å². The lowest BCUT2D eigenvalue weighted by molar-refractivity contribution is -0.351. The SMILES string of the molecule is CCCCC/C=C/CC(CCCCCCCC)OOC(C/C=C/CCCCC)CCCCCCCC. The molecule has 0 radical (unpaired) electrons. The second-order valence-corrected chi connectivity index (χ2v) is 11.0. The zero-order valence-electron chi connectivity index (χ0n) is 25.3. The van der Waals surface area contributed by atoms with E-state index < -0.39 is 0 Å². The fourth-order valence-corrected chi connectivity index (χ4v) is 4.63. The van der Waals surface area contributed by atoms with E-state index in [1.165, 1.54) is 128 Å². The Morgan fingerprint density at radius 3 is 1.11 bits per heavy atom. The number of rotatable bonds is 29. The number of allylic oxidation sites excluding steroid dienone is 2. The molecule has 2 atom stereocenters. The molecule has 0 aliphatic rings. The Labute approximate surface area is 228 Å². The molecule has 2 nitrogen and oxygen atoms in total. The smallest absolute Gasteiger partial charge is 0.0964 e.